The average Bonchev–Trinajstić information content (AvgIpc) is 2.89. The third kappa shape index (κ3) is 6.95. The van der Waals surface area contributed by atoms with E-state index in [0.717, 1.165) is 5.56 Å². The van der Waals surface area contributed by atoms with Crippen molar-refractivity contribution in [3.63, 3.8) is 0 Å². The number of pyridine rings is 2. The summed E-state index contributed by atoms with van der Waals surface area (Å²) in [5.41, 5.74) is 0.315. The van der Waals surface area contributed by atoms with Gasteiger partial charge in [-0.2, -0.15) is 0 Å². The number of carbonyl (C=O) groups excluding carboxylic acids is 1. The molecule has 8 nitrogen and oxygen atoms in total. The van der Waals surface area contributed by atoms with Crippen LogP contribution in [0.1, 0.15) is 52.3 Å². The van der Waals surface area contributed by atoms with Crippen LogP contribution < -0.4 is 20.3 Å². The smallest absolute Gasteiger partial charge is 0.407 e. The first-order valence-electron chi connectivity index (χ1n) is 13.8. The third-order valence-electron chi connectivity index (χ3n) is 6.72. The number of benzene rings is 2. The number of methoxy groups -OCH3 is 1. The fourth-order valence-electron chi connectivity index (χ4n) is 4.95. The van der Waals surface area contributed by atoms with Gasteiger partial charge in [0.05, 0.1) is 41.3 Å². The van der Waals surface area contributed by atoms with Gasteiger partial charge in [-0.15, -0.1) is 0 Å². The second-order valence-corrected chi connectivity index (χ2v) is 12.1. The normalized spacial score (nSPS) is 12.5. The largest absolute Gasteiger partial charge is 0.497 e. The zero-order valence-electron chi connectivity index (χ0n) is 25.0. The zero-order chi connectivity index (χ0) is 30.8. The maximum absolute atomic E-state index is 16.5. The van der Waals surface area contributed by atoms with E-state index in [2.05, 4.69) is 10.3 Å². The summed E-state index contributed by atoms with van der Waals surface area (Å²) in [7, 11) is 1.57. The van der Waals surface area contributed by atoms with Crippen LogP contribution in [0.15, 0.2) is 47.4 Å². The van der Waals surface area contributed by atoms with E-state index in [1.54, 1.807) is 65.3 Å². The Morgan fingerprint density at radius 3 is 2.45 bits per heavy atom. The Labute approximate surface area is 249 Å². The Bertz CT molecular complexity index is 1660. The van der Waals surface area contributed by atoms with Crippen molar-refractivity contribution in [2.45, 2.75) is 66.2 Å². The first-order valence-corrected chi connectivity index (χ1v) is 14.2. The summed E-state index contributed by atoms with van der Waals surface area (Å²) in [6, 6.07) is 10.0. The predicted octanol–water partition coefficient (Wildman–Crippen LogP) is 7.03. The number of rotatable bonds is 9. The third-order valence-corrected chi connectivity index (χ3v) is 7.00. The van der Waals surface area contributed by atoms with Gasteiger partial charge in [-0.25, -0.2) is 9.18 Å². The molecule has 4 rings (SSSR count). The van der Waals surface area contributed by atoms with Gasteiger partial charge in [0.15, 0.2) is 11.6 Å². The first-order chi connectivity index (χ1) is 19.8. The molecule has 2 aromatic carbocycles. The fourth-order valence-corrected chi connectivity index (χ4v) is 5.20. The standard InChI is InChI=1S/C32H37ClFN3O5/c1-18(2)14-21(36-31(39)42-32(4,5)6)17-41-29-25(33)15-24-23-12-13-35-19(3)26(23)30(38)37(28(24)27(29)34)16-20-8-10-22(40-7)11-9-20/h8-13,15,18,21H,14,16-17H2,1-7H3,(H,36,39)/t21-/m0/s1. The number of nitrogens with zero attached hydrogens (tertiary/aromatic N) is 2. The van der Waals surface area contributed by atoms with Crippen LogP contribution in [0.2, 0.25) is 5.02 Å². The average molecular weight is 598 g/mol. The van der Waals surface area contributed by atoms with Gasteiger partial charge in [0, 0.05) is 17.0 Å². The molecule has 0 bridgehead atoms. The minimum Gasteiger partial charge on any atom is -0.497 e. The molecule has 0 aliphatic rings. The van der Waals surface area contributed by atoms with Crippen molar-refractivity contribution >= 4 is 39.4 Å². The molecule has 0 saturated carbocycles. The SMILES string of the molecule is COc1ccc(Cn2c(=O)c3c(C)nccc3c3cc(Cl)c(OC[C@H](CC(C)C)NC(=O)OC(C)(C)C)c(F)c32)cc1. The number of ether oxygens (including phenoxy) is 3. The van der Waals surface area contributed by atoms with Crippen LogP contribution >= 0.6 is 11.6 Å². The summed E-state index contributed by atoms with van der Waals surface area (Å²) in [6.07, 6.45) is 1.55. The lowest BCUT2D eigenvalue weighted by Crippen LogP contribution is -2.42. The summed E-state index contributed by atoms with van der Waals surface area (Å²) < 4.78 is 34.5. The van der Waals surface area contributed by atoms with E-state index in [1.807, 2.05) is 26.0 Å². The van der Waals surface area contributed by atoms with Gasteiger partial charge in [0.1, 0.15) is 18.0 Å². The van der Waals surface area contributed by atoms with Crippen molar-refractivity contribution in [3.8, 4) is 11.5 Å². The van der Waals surface area contributed by atoms with Crippen LogP contribution in [0.5, 0.6) is 11.5 Å². The molecule has 0 spiro atoms. The van der Waals surface area contributed by atoms with Gasteiger partial charge >= 0.3 is 6.09 Å². The van der Waals surface area contributed by atoms with E-state index < -0.39 is 23.6 Å². The van der Waals surface area contributed by atoms with Gasteiger partial charge in [-0.05, 0) is 69.9 Å². The van der Waals surface area contributed by atoms with Gasteiger partial charge in [0.25, 0.3) is 5.56 Å². The van der Waals surface area contributed by atoms with Gasteiger partial charge < -0.3 is 24.1 Å². The number of amides is 1. The number of aromatic nitrogens is 2. The maximum Gasteiger partial charge on any atom is 0.407 e. The Morgan fingerprint density at radius 1 is 1.14 bits per heavy atom. The number of fused-ring (bicyclic) bond motifs is 3. The molecular formula is C32H37ClFN3O5. The van der Waals surface area contributed by atoms with Crippen molar-refractivity contribution < 1.29 is 23.4 Å². The molecule has 0 radical (unpaired) electrons. The summed E-state index contributed by atoms with van der Waals surface area (Å²) in [5, 5.41) is 4.27. The van der Waals surface area contributed by atoms with Crippen molar-refractivity contribution in [1.82, 2.24) is 14.9 Å². The molecule has 1 N–H and O–H groups in total. The van der Waals surface area contributed by atoms with E-state index in [0.29, 0.717) is 34.0 Å². The van der Waals surface area contributed by atoms with Gasteiger partial charge in [-0.1, -0.05) is 37.6 Å². The Balaban J connectivity index is 1.80. The molecule has 0 fully saturated rings. The van der Waals surface area contributed by atoms with E-state index in [4.69, 9.17) is 25.8 Å². The van der Waals surface area contributed by atoms with Crippen LogP contribution in [-0.2, 0) is 11.3 Å². The van der Waals surface area contributed by atoms with Crippen LogP contribution in [0.25, 0.3) is 21.7 Å². The summed E-state index contributed by atoms with van der Waals surface area (Å²) in [6.45, 7) is 11.1. The minimum absolute atomic E-state index is 0.0472. The van der Waals surface area contributed by atoms with E-state index in [1.165, 1.54) is 4.57 Å². The predicted molar refractivity (Wildman–Crippen MR) is 163 cm³/mol. The molecule has 1 amide bonds. The summed E-state index contributed by atoms with van der Waals surface area (Å²) >= 11 is 6.62. The minimum atomic E-state index is -0.764. The lowest BCUT2D eigenvalue weighted by atomic mass is 10.0. The highest BCUT2D eigenvalue weighted by atomic mass is 35.5. The lowest BCUT2D eigenvalue weighted by Gasteiger charge is -2.25. The van der Waals surface area contributed by atoms with Crippen molar-refractivity contribution in [3.05, 3.63) is 75.0 Å². The highest BCUT2D eigenvalue weighted by Gasteiger charge is 2.25. The number of carbonyl (C=O) groups is 1. The molecule has 42 heavy (non-hydrogen) atoms. The molecule has 2 aromatic heterocycles. The molecule has 0 aliphatic heterocycles. The monoisotopic (exact) mass is 597 g/mol. The van der Waals surface area contributed by atoms with Gasteiger partial charge in [0.2, 0.25) is 0 Å². The topological polar surface area (TPSA) is 91.7 Å². The molecule has 224 valence electrons. The number of aryl methyl sites for hydroxylation is 1. The molecule has 0 unspecified atom stereocenters. The number of hydrogen-bond donors (Lipinski definition) is 1. The van der Waals surface area contributed by atoms with E-state index >= 15 is 4.39 Å². The fraction of sp³-hybridized carbons (Fsp3) is 0.406. The Hall–Kier alpha value is -3.85. The molecular weight excluding hydrogens is 561 g/mol. The van der Waals surface area contributed by atoms with Gasteiger partial charge in [-0.3, -0.25) is 9.78 Å². The Morgan fingerprint density at radius 2 is 1.83 bits per heavy atom. The van der Waals surface area contributed by atoms with E-state index in [-0.39, 0.29) is 40.9 Å². The summed E-state index contributed by atoms with van der Waals surface area (Å²) in [4.78, 5) is 30.6. The van der Waals surface area contributed by atoms with Crippen LogP contribution in [0, 0.1) is 18.7 Å². The highest BCUT2D eigenvalue weighted by Crippen LogP contribution is 2.37. The number of alkyl carbamates (subject to hydrolysis) is 1. The zero-order valence-corrected chi connectivity index (χ0v) is 25.8. The summed E-state index contributed by atoms with van der Waals surface area (Å²) in [5.74, 6) is -0.0839. The first kappa shape index (κ1) is 31.1. The van der Waals surface area contributed by atoms with Crippen LogP contribution in [-0.4, -0.2) is 41.0 Å². The quantitative estimate of drug-likeness (QED) is 0.208. The second kappa shape index (κ2) is 12.6. The van der Waals surface area contributed by atoms with Crippen molar-refractivity contribution in [2.24, 2.45) is 5.92 Å². The molecule has 0 aliphatic carbocycles. The van der Waals surface area contributed by atoms with Crippen molar-refractivity contribution in [1.29, 1.82) is 0 Å². The molecule has 1 atom stereocenters. The number of halogens is 2. The highest BCUT2D eigenvalue weighted by molar-refractivity contribution is 6.33. The lowest BCUT2D eigenvalue weighted by molar-refractivity contribution is 0.0479. The molecule has 0 saturated heterocycles. The van der Waals surface area contributed by atoms with Crippen LogP contribution in [0.4, 0.5) is 9.18 Å². The molecule has 10 heteroatoms. The van der Waals surface area contributed by atoms with Crippen LogP contribution in [0.3, 0.4) is 0 Å². The maximum atomic E-state index is 16.5. The van der Waals surface area contributed by atoms with Crippen molar-refractivity contribution in [2.75, 3.05) is 13.7 Å². The van der Waals surface area contributed by atoms with E-state index in [9.17, 15) is 9.59 Å². The Kier molecular flexibility index (Phi) is 9.30. The molecule has 4 aromatic rings. The molecule has 2 heterocycles. The second-order valence-electron chi connectivity index (χ2n) is 11.7. The number of hydrogen-bond acceptors (Lipinski definition) is 6. The number of nitrogens with one attached hydrogen (secondary N) is 1.